The largest absolute Gasteiger partial charge is 0.481 e. The van der Waals surface area contributed by atoms with Crippen molar-refractivity contribution in [2.75, 3.05) is 11.9 Å². The number of hydrogen-bond acceptors (Lipinski definition) is 3. The highest BCUT2D eigenvalue weighted by molar-refractivity contribution is 6.10. The van der Waals surface area contributed by atoms with E-state index in [1.165, 1.54) is 11.1 Å². The topological polar surface area (TPSA) is 71.3 Å². The van der Waals surface area contributed by atoms with Crippen molar-refractivity contribution in [2.45, 2.75) is 58.3 Å². The maximum Gasteiger partial charge on any atom is 0.303 e. The predicted molar refractivity (Wildman–Crippen MR) is 167 cm³/mol. The highest BCUT2D eigenvalue weighted by Gasteiger charge is 2.19. The summed E-state index contributed by atoms with van der Waals surface area (Å²) in [5, 5.41) is 12.6. The average Bonchev–Trinajstić information content (AvgIpc) is 3.32. The smallest absolute Gasteiger partial charge is 0.303 e. The molecule has 0 bridgehead atoms. The van der Waals surface area contributed by atoms with Crippen LogP contribution in [0.3, 0.4) is 0 Å². The van der Waals surface area contributed by atoms with E-state index < -0.39 is 5.97 Å². The first kappa shape index (κ1) is 29.9. The van der Waals surface area contributed by atoms with E-state index in [-0.39, 0.29) is 12.2 Å². The quantitative estimate of drug-likeness (QED) is 0.142. The third kappa shape index (κ3) is 8.68. The molecule has 0 saturated carbocycles. The molecular weight excluding hydrogens is 508 g/mol. The van der Waals surface area contributed by atoms with E-state index in [4.69, 9.17) is 5.11 Å². The first-order valence-electron chi connectivity index (χ1n) is 14.8. The summed E-state index contributed by atoms with van der Waals surface area (Å²) in [6, 6.07) is 31.1. The first-order chi connectivity index (χ1) is 19.9. The number of nitrogens with zero attached hydrogens (tertiary/aromatic N) is 1. The van der Waals surface area contributed by atoms with Crippen molar-refractivity contribution in [3.05, 3.63) is 125 Å². The van der Waals surface area contributed by atoms with Gasteiger partial charge in [-0.2, -0.15) is 0 Å². The summed E-state index contributed by atoms with van der Waals surface area (Å²) in [5.74, 6) is -0.294. The predicted octanol–water partition coefficient (Wildman–Crippen LogP) is 7.52. The summed E-state index contributed by atoms with van der Waals surface area (Å²) in [6.07, 6.45) is 6.33. The van der Waals surface area contributed by atoms with E-state index in [0.717, 1.165) is 55.7 Å². The van der Waals surface area contributed by atoms with Crippen LogP contribution in [0, 0.1) is 5.92 Å². The fraction of sp³-hybridized carbons (Fsp3) is 0.333. The van der Waals surface area contributed by atoms with Crippen LogP contribution in [-0.4, -0.2) is 28.0 Å². The Bertz CT molecular complexity index is 1370. The number of carbonyl (C=O) groups excluding carboxylic acids is 1. The van der Waals surface area contributed by atoms with Crippen LogP contribution in [0.5, 0.6) is 0 Å². The van der Waals surface area contributed by atoms with Crippen LogP contribution in [0.4, 0.5) is 5.69 Å². The minimum Gasteiger partial charge on any atom is -0.481 e. The number of rotatable bonds is 16. The maximum absolute atomic E-state index is 13.6. The first-order valence-corrected chi connectivity index (χ1v) is 14.8. The number of aliphatic carboxylic acids is 1. The van der Waals surface area contributed by atoms with E-state index in [2.05, 4.69) is 77.5 Å². The Labute approximate surface area is 244 Å². The Kier molecular flexibility index (Phi) is 10.9. The van der Waals surface area contributed by atoms with Crippen molar-refractivity contribution in [1.82, 2.24) is 4.57 Å². The van der Waals surface area contributed by atoms with Gasteiger partial charge in [-0.1, -0.05) is 79.7 Å². The minimum atomic E-state index is -0.794. The molecule has 214 valence electrons. The standard InChI is InChI=1S/C36H42N2O3/c1-3-34-33(25-32(38(34)2)18-11-19-35(39)40)36(41)30-16-10-17-31(24-30)37-26-29(22-20-27-12-6-4-7-13-27)23-21-28-14-8-5-9-15-28/h4-10,12-17,24-25,29,37H,3,11,18-23,26H2,1-2H3,(H,39,40). The van der Waals surface area contributed by atoms with E-state index >= 15 is 0 Å². The van der Waals surface area contributed by atoms with Crippen molar-refractivity contribution >= 4 is 17.4 Å². The third-order valence-electron chi connectivity index (χ3n) is 7.95. The monoisotopic (exact) mass is 550 g/mol. The molecule has 0 unspecified atom stereocenters. The van der Waals surface area contributed by atoms with Crippen LogP contribution in [-0.2, 0) is 37.5 Å². The summed E-state index contributed by atoms with van der Waals surface area (Å²) in [5.41, 5.74) is 7.04. The Morgan fingerprint density at radius 3 is 2.05 bits per heavy atom. The van der Waals surface area contributed by atoms with E-state index in [1.54, 1.807) is 0 Å². The lowest BCUT2D eigenvalue weighted by molar-refractivity contribution is -0.137. The molecule has 0 saturated heterocycles. The molecule has 5 nitrogen and oxygen atoms in total. The molecule has 4 rings (SSSR count). The van der Waals surface area contributed by atoms with Crippen molar-refractivity contribution in [2.24, 2.45) is 13.0 Å². The molecule has 1 aromatic heterocycles. The summed E-state index contributed by atoms with van der Waals surface area (Å²) < 4.78 is 2.06. The van der Waals surface area contributed by atoms with Crippen molar-refractivity contribution in [3.63, 3.8) is 0 Å². The minimum absolute atomic E-state index is 0.00953. The van der Waals surface area contributed by atoms with Gasteiger partial charge in [0.25, 0.3) is 0 Å². The molecule has 0 radical (unpaired) electrons. The molecule has 5 heteroatoms. The number of hydrogen-bond donors (Lipinski definition) is 2. The summed E-state index contributed by atoms with van der Waals surface area (Å²) in [6.45, 7) is 2.90. The zero-order valence-electron chi connectivity index (χ0n) is 24.3. The van der Waals surface area contributed by atoms with Crippen LogP contribution >= 0.6 is 0 Å². The van der Waals surface area contributed by atoms with Gasteiger partial charge in [0.15, 0.2) is 5.78 Å². The van der Waals surface area contributed by atoms with Gasteiger partial charge in [-0.3, -0.25) is 9.59 Å². The molecule has 3 aromatic carbocycles. The Hall–Kier alpha value is -4.12. The van der Waals surface area contributed by atoms with Gasteiger partial charge in [0.2, 0.25) is 0 Å². The number of nitrogens with one attached hydrogen (secondary N) is 1. The number of carboxylic acid groups (broad SMARTS) is 1. The van der Waals surface area contributed by atoms with Crippen molar-refractivity contribution in [3.8, 4) is 0 Å². The average molecular weight is 551 g/mol. The summed E-state index contributed by atoms with van der Waals surface area (Å²) >= 11 is 0. The molecule has 0 spiro atoms. The van der Waals surface area contributed by atoms with Gasteiger partial charge in [-0.15, -0.1) is 0 Å². The third-order valence-corrected chi connectivity index (χ3v) is 7.95. The molecule has 4 aromatic rings. The Balaban J connectivity index is 1.44. The number of carboxylic acids is 1. The summed E-state index contributed by atoms with van der Waals surface area (Å²) in [4.78, 5) is 24.6. The fourth-order valence-corrected chi connectivity index (χ4v) is 5.55. The normalized spacial score (nSPS) is 11.1. The van der Waals surface area contributed by atoms with Gasteiger partial charge in [-0.05, 0) is 80.2 Å². The van der Waals surface area contributed by atoms with Crippen LogP contribution < -0.4 is 5.32 Å². The second-order valence-electron chi connectivity index (χ2n) is 10.9. The Morgan fingerprint density at radius 1 is 0.829 bits per heavy atom. The molecule has 41 heavy (non-hydrogen) atoms. The second kappa shape index (κ2) is 15.0. The van der Waals surface area contributed by atoms with Crippen molar-refractivity contribution < 1.29 is 14.7 Å². The Morgan fingerprint density at radius 2 is 1.46 bits per heavy atom. The van der Waals surface area contributed by atoms with Gasteiger partial charge in [0, 0.05) is 48.2 Å². The second-order valence-corrected chi connectivity index (χ2v) is 10.9. The molecule has 0 aliphatic heterocycles. The molecule has 0 aliphatic carbocycles. The zero-order chi connectivity index (χ0) is 29.0. The van der Waals surface area contributed by atoms with Gasteiger partial charge in [0.1, 0.15) is 0 Å². The van der Waals surface area contributed by atoms with Crippen LogP contribution in [0.1, 0.15) is 71.0 Å². The maximum atomic E-state index is 13.6. The number of aryl methyl sites for hydroxylation is 3. The van der Waals surface area contributed by atoms with Gasteiger partial charge in [0.05, 0.1) is 0 Å². The number of ketones is 1. The highest BCUT2D eigenvalue weighted by Crippen LogP contribution is 2.24. The lowest BCUT2D eigenvalue weighted by atomic mass is 9.93. The number of aromatic nitrogens is 1. The number of anilines is 1. The van der Waals surface area contributed by atoms with Gasteiger partial charge < -0.3 is 15.0 Å². The lowest BCUT2D eigenvalue weighted by Gasteiger charge is -2.19. The SMILES string of the molecule is CCc1c(C(=O)c2cccc(NCC(CCc3ccccc3)CCc3ccccc3)c2)cc(CCCC(=O)O)n1C. The van der Waals surface area contributed by atoms with Crippen LogP contribution in [0.15, 0.2) is 91.0 Å². The van der Waals surface area contributed by atoms with Crippen LogP contribution in [0.2, 0.25) is 0 Å². The fourth-order valence-electron chi connectivity index (χ4n) is 5.55. The molecule has 0 amide bonds. The van der Waals surface area contributed by atoms with E-state index in [0.29, 0.717) is 29.9 Å². The molecule has 1 heterocycles. The lowest BCUT2D eigenvalue weighted by Crippen LogP contribution is -2.16. The van der Waals surface area contributed by atoms with E-state index in [1.807, 2.05) is 37.4 Å². The highest BCUT2D eigenvalue weighted by atomic mass is 16.4. The number of carbonyl (C=O) groups is 2. The zero-order valence-corrected chi connectivity index (χ0v) is 24.3. The molecule has 0 aliphatic rings. The van der Waals surface area contributed by atoms with E-state index in [9.17, 15) is 9.59 Å². The molecule has 0 atom stereocenters. The molecule has 0 fully saturated rings. The molecular formula is C36H42N2O3. The molecule has 2 N–H and O–H groups in total. The van der Waals surface area contributed by atoms with Gasteiger partial charge in [-0.25, -0.2) is 0 Å². The van der Waals surface area contributed by atoms with Crippen LogP contribution in [0.25, 0.3) is 0 Å². The summed E-state index contributed by atoms with van der Waals surface area (Å²) in [7, 11) is 1.97. The van der Waals surface area contributed by atoms with Gasteiger partial charge >= 0.3 is 5.97 Å². The van der Waals surface area contributed by atoms with Crippen molar-refractivity contribution in [1.29, 1.82) is 0 Å². The number of benzene rings is 3.